The summed E-state index contributed by atoms with van der Waals surface area (Å²) in [6.07, 6.45) is 0. The van der Waals surface area contributed by atoms with Gasteiger partial charge in [0.1, 0.15) is 5.82 Å². The van der Waals surface area contributed by atoms with Crippen molar-refractivity contribution in [3.63, 3.8) is 0 Å². The quantitative estimate of drug-likeness (QED) is 0.840. The summed E-state index contributed by atoms with van der Waals surface area (Å²) in [6.45, 7) is 2.72. The maximum atomic E-state index is 13.8. The number of rotatable bonds is 4. The van der Waals surface area contributed by atoms with Crippen molar-refractivity contribution in [3.8, 4) is 0 Å². The Kier molecular flexibility index (Phi) is 4.78. The molecule has 0 radical (unpaired) electrons. The number of halogens is 2. The minimum Gasteiger partial charge on any atom is -0.399 e. The Bertz CT molecular complexity index is 601. The highest BCUT2D eigenvalue weighted by molar-refractivity contribution is 9.10. The van der Waals surface area contributed by atoms with Gasteiger partial charge in [0, 0.05) is 28.3 Å². The maximum absolute atomic E-state index is 13.8. The summed E-state index contributed by atoms with van der Waals surface area (Å²) in [7, 11) is 1.99. The van der Waals surface area contributed by atoms with Crippen LogP contribution in [0.15, 0.2) is 46.9 Å². The van der Waals surface area contributed by atoms with Gasteiger partial charge < -0.3 is 5.73 Å². The van der Waals surface area contributed by atoms with Crippen molar-refractivity contribution < 1.29 is 4.39 Å². The second kappa shape index (κ2) is 6.37. The molecule has 0 amide bonds. The molecular formula is C16H18BrFN2. The standard InChI is InChI=1S/C16H18BrFN2/c1-11(14-5-3-4-6-16(14)18)20(2)10-12-7-8-13(19)9-15(12)17/h3-9,11H,10,19H2,1-2H3. The third kappa shape index (κ3) is 3.38. The average molecular weight is 337 g/mol. The first-order valence-electron chi connectivity index (χ1n) is 6.47. The molecule has 0 aliphatic rings. The number of nitrogens with two attached hydrogens (primary N) is 1. The van der Waals surface area contributed by atoms with E-state index in [1.165, 1.54) is 6.07 Å². The Morgan fingerprint density at radius 1 is 1.25 bits per heavy atom. The van der Waals surface area contributed by atoms with Crippen LogP contribution in [0.4, 0.5) is 10.1 Å². The van der Waals surface area contributed by atoms with Crippen LogP contribution in [0, 0.1) is 5.82 Å². The largest absolute Gasteiger partial charge is 0.399 e. The molecule has 0 saturated heterocycles. The van der Waals surface area contributed by atoms with Gasteiger partial charge in [-0.3, -0.25) is 4.90 Å². The van der Waals surface area contributed by atoms with Crippen molar-refractivity contribution in [3.05, 3.63) is 63.9 Å². The minimum atomic E-state index is -0.164. The molecule has 4 heteroatoms. The van der Waals surface area contributed by atoms with Gasteiger partial charge in [-0.05, 0) is 37.7 Å². The summed E-state index contributed by atoms with van der Waals surface area (Å²) in [5, 5.41) is 0. The summed E-state index contributed by atoms with van der Waals surface area (Å²) >= 11 is 3.51. The molecule has 0 aromatic heterocycles. The zero-order chi connectivity index (χ0) is 14.7. The maximum Gasteiger partial charge on any atom is 0.127 e. The van der Waals surface area contributed by atoms with E-state index >= 15 is 0 Å². The van der Waals surface area contributed by atoms with E-state index in [4.69, 9.17) is 5.73 Å². The first kappa shape index (κ1) is 15.0. The molecule has 0 saturated carbocycles. The Balaban J connectivity index is 2.15. The van der Waals surface area contributed by atoms with Gasteiger partial charge in [0.25, 0.3) is 0 Å². The normalized spacial score (nSPS) is 12.7. The third-order valence-electron chi connectivity index (χ3n) is 3.51. The highest BCUT2D eigenvalue weighted by Gasteiger charge is 2.16. The van der Waals surface area contributed by atoms with Crippen molar-refractivity contribution >= 4 is 21.6 Å². The van der Waals surface area contributed by atoms with Gasteiger partial charge >= 0.3 is 0 Å². The summed E-state index contributed by atoms with van der Waals surface area (Å²) in [5.74, 6) is -0.164. The predicted molar refractivity (Wildman–Crippen MR) is 84.8 cm³/mol. The van der Waals surface area contributed by atoms with Crippen LogP contribution < -0.4 is 5.73 Å². The van der Waals surface area contributed by atoms with Crippen molar-refractivity contribution in [2.45, 2.75) is 19.5 Å². The highest BCUT2D eigenvalue weighted by Crippen LogP contribution is 2.26. The molecule has 0 fully saturated rings. The second-order valence-corrected chi connectivity index (χ2v) is 5.82. The van der Waals surface area contributed by atoms with E-state index in [0.29, 0.717) is 5.56 Å². The van der Waals surface area contributed by atoms with E-state index in [0.717, 1.165) is 22.3 Å². The van der Waals surface area contributed by atoms with Crippen LogP contribution in [0.5, 0.6) is 0 Å². The van der Waals surface area contributed by atoms with Gasteiger partial charge in [0.05, 0.1) is 0 Å². The molecule has 0 bridgehead atoms. The molecule has 0 aliphatic carbocycles. The van der Waals surface area contributed by atoms with Crippen molar-refractivity contribution in [2.75, 3.05) is 12.8 Å². The minimum absolute atomic E-state index is 0.000605. The SMILES string of the molecule is CC(c1ccccc1F)N(C)Cc1ccc(N)cc1Br. The number of hydrogen-bond acceptors (Lipinski definition) is 2. The summed E-state index contributed by atoms with van der Waals surface area (Å²) in [5.41, 5.74) is 8.30. The van der Waals surface area contributed by atoms with Gasteiger partial charge in [0.15, 0.2) is 0 Å². The zero-order valence-electron chi connectivity index (χ0n) is 11.6. The number of anilines is 1. The van der Waals surface area contributed by atoms with E-state index in [9.17, 15) is 4.39 Å². The molecule has 0 heterocycles. The lowest BCUT2D eigenvalue weighted by Crippen LogP contribution is -2.23. The van der Waals surface area contributed by atoms with Gasteiger partial charge in [-0.15, -0.1) is 0 Å². The average Bonchev–Trinajstić information content (AvgIpc) is 2.41. The summed E-state index contributed by atoms with van der Waals surface area (Å²) < 4.78 is 14.8. The van der Waals surface area contributed by atoms with Crippen LogP contribution >= 0.6 is 15.9 Å². The molecule has 2 rings (SSSR count). The Morgan fingerprint density at radius 3 is 2.60 bits per heavy atom. The molecule has 1 atom stereocenters. The topological polar surface area (TPSA) is 29.3 Å². The molecule has 20 heavy (non-hydrogen) atoms. The van der Waals surface area contributed by atoms with Crippen LogP contribution in [-0.4, -0.2) is 11.9 Å². The van der Waals surface area contributed by atoms with Crippen molar-refractivity contribution in [2.24, 2.45) is 0 Å². The van der Waals surface area contributed by atoms with Crippen LogP contribution in [0.2, 0.25) is 0 Å². The predicted octanol–water partition coefficient (Wildman–Crippen LogP) is 4.36. The molecule has 0 aliphatic heterocycles. The van der Waals surface area contributed by atoms with E-state index < -0.39 is 0 Å². The van der Waals surface area contributed by atoms with Crippen LogP contribution in [0.1, 0.15) is 24.1 Å². The van der Waals surface area contributed by atoms with Crippen LogP contribution in [0.3, 0.4) is 0 Å². The molecule has 0 spiro atoms. The Morgan fingerprint density at radius 2 is 1.95 bits per heavy atom. The van der Waals surface area contributed by atoms with Crippen LogP contribution in [0.25, 0.3) is 0 Å². The molecule has 2 aromatic carbocycles. The summed E-state index contributed by atoms with van der Waals surface area (Å²) in [6, 6.07) is 12.7. The fraction of sp³-hybridized carbons (Fsp3) is 0.250. The fourth-order valence-corrected chi connectivity index (χ4v) is 2.67. The lowest BCUT2D eigenvalue weighted by molar-refractivity contribution is 0.247. The highest BCUT2D eigenvalue weighted by atomic mass is 79.9. The van der Waals surface area contributed by atoms with Gasteiger partial charge in [-0.25, -0.2) is 4.39 Å². The van der Waals surface area contributed by atoms with E-state index in [1.807, 2.05) is 44.3 Å². The number of hydrogen-bond donors (Lipinski definition) is 1. The fourth-order valence-electron chi connectivity index (χ4n) is 2.15. The molecule has 2 aromatic rings. The van der Waals surface area contributed by atoms with Crippen molar-refractivity contribution in [1.82, 2.24) is 4.90 Å². The Labute approximate surface area is 127 Å². The van der Waals surface area contributed by atoms with Gasteiger partial charge in [-0.2, -0.15) is 0 Å². The van der Waals surface area contributed by atoms with Gasteiger partial charge in [0.2, 0.25) is 0 Å². The molecule has 2 nitrogen and oxygen atoms in total. The number of benzene rings is 2. The van der Waals surface area contributed by atoms with Crippen molar-refractivity contribution in [1.29, 1.82) is 0 Å². The first-order valence-corrected chi connectivity index (χ1v) is 7.27. The van der Waals surface area contributed by atoms with E-state index in [-0.39, 0.29) is 11.9 Å². The van der Waals surface area contributed by atoms with Gasteiger partial charge in [-0.1, -0.05) is 40.2 Å². The number of nitrogens with zero attached hydrogens (tertiary/aromatic N) is 1. The number of nitrogen functional groups attached to an aromatic ring is 1. The smallest absolute Gasteiger partial charge is 0.127 e. The lowest BCUT2D eigenvalue weighted by Gasteiger charge is -2.26. The second-order valence-electron chi connectivity index (χ2n) is 4.96. The third-order valence-corrected chi connectivity index (χ3v) is 4.25. The Hall–Kier alpha value is -1.39. The molecule has 1 unspecified atom stereocenters. The summed E-state index contributed by atoms with van der Waals surface area (Å²) in [4.78, 5) is 2.11. The van der Waals surface area contributed by atoms with E-state index in [2.05, 4.69) is 20.8 Å². The molecule has 106 valence electrons. The zero-order valence-corrected chi connectivity index (χ0v) is 13.2. The lowest BCUT2D eigenvalue weighted by atomic mass is 10.1. The molecular weight excluding hydrogens is 319 g/mol. The van der Waals surface area contributed by atoms with E-state index in [1.54, 1.807) is 6.07 Å². The molecule has 2 N–H and O–H groups in total. The van der Waals surface area contributed by atoms with Crippen LogP contribution in [-0.2, 0) is 6.54 Å². The first-order chi connectivity index (χ1) is 9.49. The monoisotopic (exact) mass is 336 g/mol.